The summed E-state index contributed by atoms with van der Waals surface area (Å²) in [5, 5.41) is 11.4. The van der Waals surface area contributed by atoms with E-state index in [0.717, 1.165) is 13.1 Å². The summed E-state index contributed by atoms with van der Waals surface area (Å²) in [6, 6.07) is 8.91. The largest absolute Gasteiger partial charge is 1.00 e. The van der Waals surface area contributed by atoms with E-state index in [1.165, 1.54) is 63.0 Å². The van der Waals surface area contributed by atoms with Crippen LogP contribution in [0, 0.1) is 0 Å². The van der Waals surface area contributed by atoms with Crippen LogP contribution in [0.15, 0.2) is 36.5 Å². The fourth-order valence-corrected chi connectivity index (χ4v) is 3.08. The summed E-state index contributed by atoms with van der Waals surface area (Å²) < 4.78 is 0. The average Bonchev–Trinajstić information content (AvgIpc) is 2.70. The molecule has 3 N–H and O–H groups in total. The monoisotopic (exact) mass is 405 g/mol. The van der Waals surface area contributed by atoms with E-state index in [-0.39, 0.29) is 18.1 Å². The Balaban J connectivity index is 0.00000392. The van der Waals surface area contributed by atoms with Crippen LogP contribution in [0.2, 0.25) is 0 Å². The molecule has 0 spiro atoms. The number of pyridine rings is 2. The van der Waals surface area contributed by atoms with Crippen LogP contribution in [-0.4, -0.2) is 27.6 Å². The number of hydrogen-bond acceptors (Lipinski definition) is 3. The minimum absolute atomic E-state index is 0. The zero-order valence-electron chi connectivity index (χ0n) is 16.7. The number of unbranched alkanes of at least 4 members (excludes halogenated alkanes) is 7. The number of rotatable bonds is 13. The lowest BCUT2D eigenvalue weighted by molar-refractivity contribution is -0.671. The number of carbonyl (C=O) groups is 1. The van der Waals surface area contributed by atoms with Gasteiger partial charge in [0.25, 0.3) is 0 Å². The molecule has 0 saturated heterocycles. The molecule has 2 aromatic rings. The van der Waals surface area contributed by atoms with Crippen molar-refractivity contribution in [2.45, 2.75) is 64.8 Å². The van der Waals surface area contributed by atoms with E-state index < -0.39 is 5.97 Å². The molecule has 2 rings (SSSR count). The lowest BCUT2D eigenvalue weighted by Crippen LogP contribution is -3.00. The maximum atomic E-state index is 11.0. The predicted octanol–water partition coefficient (Wildman–Crippen LogP) is 1.05. The summed E-state index contributed by atoms with van der Waals surface area (Å²) in [7, 11) is 0. The van der Waals surface area contributed by atoms with Crippen molar-refractivity contribution >= 4 is 5.97 Å². The number of nitrogens with zero attached hydrogens (tertiary/aromatic N) is 2. The first kappa shape index (κ1) is 24.1. The van der Waals surface area contributed by atoms with E-state index in [4.69, 9.17) is 5.11 Å². The zero-order valence-corrected chi connectivity index (χ0v) is 17.5. The van der Waals surface area contributed by atoms with Crippen LogP contribution in [0.3, 0.4) is 0 Å². The van der Waals surface area contributed by atoms with Gasteiger partial charge in [0.15, 0.2) is 0 Å². The molecule has 0 amide bonds. The Labute approximate surface area is 174 Å². The van der Waals surface area contributed by atoms with E-state index in [9.17, 15) is 4.79 Å². The molecule has 5 nitrogen and oxygen atoms in total. The molecule has 0 aliphatic rings. The second kappa shape index (κ2) is 14.1. The fourth-order valence-electron chi connectivity index (χ4n) is 3.08. The molecule has 0 aliphatic carbocycles. The molecule has 0 saturated carbocycles. The number of halogens is 1. The Morgan fingerprint density at radius 3 is 2.32 bits per heavy atom. The summed E-state index contributed by atoms with van der Waals surface area (Å²) in [6.45, 7) is 4.33. The highest BCUT2D eigenvalue weighted by Gasteiger charge is 2.07. The number of carboxylic acid groups (broad SMARTS) is 1. The van der Waals surface area contributed by atoms with E-state index >= 15 is 0 Å². The first-order valence-electron chi connectivity index (χ1n) is 10.2. The number of carboxylic acids is 1. The van der Waals surface area contributed by atoms with Crippen LogP contribution in [0.1, 0.15) is 74.3 Å². The molecular formula is C22H32ClN3O2. The van der Waals surface area contributed by atoms with Crippen molar-refractivity contribution in [3.8, 4) is 11.4 Å². The second-order valence-corrected chi connectivity index (χ2v) is 7.02. The predicted molar refractivity (Wildman–Crippen MR) is 108 cm³/mol. The summed E-state index contributed by atoms with van der Waals surface area (Å²) in [6.07, 6.45) is 12.7. The Hall–Kier alpha value is -1.98. The van der Waals surface area contributed by atoms with Crippen molar-refractivity contribution in [1.29, 1.82) is 0 Å². The molecule has 0 atom stereocenters. The summed E-state index contributed by atoms with van der Waals surface area (Å²) in [5.41, 5.74) is 2.50. The first-order valence-corrected chi connectivity index (χ1v) is 10.2. The van der Waals surface area contributed by atoms with Crippen molar-refractivity contribution in [1.82, 2.24) is 9.97 Å². The molecule has 6 heteroatoms. The second-order valence-electron chi connectivity index (χ2n) is 7.02. The van der Waals surface area contributed by atoms with E-state index in [1.54, 1.807) is 12.1 Å². The molecule has 0 bridgehead atoms. The Morgan fingerprint density at radius 2 is 1.68 bits per heavy atom. The van der Waals surface area contributed by atoms with Crippen LogP contribution in [0.25, 0.3) is 11.4 Å². The SMILES string of the molecule is CCCCCCCCCC[NH2+]Cc1ccc(-c2cccc(C(=O)O)n2)nc1.[Cl-]. The third-order valence-corrected chi connectivity index (χ3v) is 4.70. The van der Waals surface area contributed by atoms with Gasteiger partial charge in [0, 0.05) is 11.8 Å². The molecule has 2 aromatic heterocycles. The molecule has 154 valence electrons. The van der Waals surface area contributed by atoms with Crippen LogP contribution in [0.4, 0.5) is 0 Å². The number of aromatic nitrogens is 2. The molecule has 0 aliphatic heterocycles. The van der Waals surface area contributed by atoms with Crippen LogP contribution >= 0.6 is 0 Å². The topological polar surface area (TPSA) is 79.7 Å². The van der Waals surface area contributed by atoms with Gasteiger partial charge in [-0.3, -0.25) is 4.98 Å². The van der Waals surface area contributed by atoms with Gasteiger partial charge in [0.1, 0.15) is 12.2 Å². The third-order valence-electron chi connectivity index (χ3n) is 4.70. The van der Waals surface area contributed by atoms with Crippen LogP contribution in [0.5, 0.6) is 0 Å². The average molecular weight is 406 g/mol. The maximum Gasteiger partial charge on any atom is 0.354 e. The normalized spacial score (nSPS) is 10.5. The third kappa shape index (κ3) is 8.81. The highest BCUT2D eigenvalue weighted by Crippen LogP contribution is 2.15. The number of nitrogens with two attached hydrogens (primary N) is 1. The maximum absolute atomic E-state index is 11.0. The smallest absolute Gasteiger partial charge is 0.354 e. The first-order chi connectivity index (χ1) is 13.2. The Kier molecular flexibility index (Phi) is 12.1. The van der Waals surface area contributed by atoms with Gasteiger partial charge in [0.2, 0.25) is 0 Å². The van der Waals surface area contributed by atoms with Gasteiger partial charge in [-0.15, -0.1) is 0 Å². The van der Waals surface area contributed by atoms with Crippen molar-refractivity contribution in [3.05, 3.63) is 47.8 Å². The van der Waals surface area contributed by atoms with Gasteiger partial charge in [-0.25, -0.2) is 9.78 Å². The highest BCUT2D eigenvalue weighted by atomic mass is 35.5. The number of aromatic carboxylic acids is 1. The van der Waals surface area contributed by atoms with Crippen molar-refractivity contribution < 1.29 is 27.6 Å². The summed E-state index contributed by atoms with van der Waals surface area (Å²) in [5.74, 6) is -1.02. The van der Waals surface area contributed by atoms with Gasteiger partial charge in [-0.2, -0.15) is 0 Å². The fraction of sp³-hybridized carbons (Fsp3) is 0.500. The van der Waals surface area contributed by atoms with Crippen LogP contribution in [-0.2, 0) is 6.54 Å². The minimum Gasteiger partial charge on any atom is -1.00 e. The minimum atomic E-state index is -1.02. The molecular weight excluding hydrogens is 374 g/mol. The van der Waals surface area contributed by atoms with E-state index in [0.29, 0.717) is 11.4 Å². The van der Waals surface area contributed by atoms with Gasteiger partial charge in [0.05, 0.1) is 17.9 Å². The van der Waals surface area contributed by atoms with Crippen molar-refractivity contribution in [2.75, 3.05) is 6.54 Å². The Bertz CT molecular complexity index is 692. The Morgan fingerprint density at radius 1 is 0.964 bits per heavy atom. The molecule has 0 unspecified atom stereocenters. The lowest BCUT2D eigenvalue weighted by atomic mass is 10.1. The van der Waals surface area contributed by atoms with Gasteiger partial charge >= 0.3 is 5.97 Å². The van der Waals surface area contributed by atoms with Gasteiger partial charge < -0.3 is 22.8 Å². The molecule has 0 aromatic carbocycles. The number of hydrogen-bond donors (Lipinski definition) is 2. The highest BCUT2D eigenvalue weighted by molar-refractivity contribution is 5.85. The molecule has 0 radical (unpaired) electrons. The zero-order chi connectivity index (χ0) is 19.3. The quantitative estimate of drug-likeness (QED) is 0.488. The van der Waals surface area contributed by atoms with Crippen molar-refractivity contribution in [2.24, 2.45) is 0 Å². The van der Waals surface area contributed by atoms with Crippen molar-refractivity contribution in [3.63, 3.8) is 0 Å². The molecule has 0 fully saturated rings. The van der Waals surface area contributed by atoms with Gasteiger partial charge in [-0.05, 0) is 37.1 Å². The summed E-state index contributed by atoms with van der Waals surface area (Å²) in [4.78, 5) is 19.6. The standard InChI is InChI=1S/C22H31N3O2.ClH/c1-2-3-4-5-6-7-8-9-15-23-16-18-13-14-19(24-17-18)20-11-10-12-21(25-20)22(26)27;/h10-14,17,23H,2-9,15-16H2,1H3,(H,26,27);1H. The molecule has 28 heavy (non-hydrogen) atoms. The lowest BCUT2D eigenvalue weighted by Gasteiger charge is -2.05. The molecule has 2 heterocycles. The van der Waals surface area contributed by atoms with Gasteiger partial charge in [-0.1, -0.05) is 51.5 Å². The van der Waals surface area contributed by atoms with E-state index in [2.05, 4.69) is 22.2 Å². The van der Waals surface area contributed by atoms with Crippen LogP contribution < -0.4 is 17.7 Å². The van der Waals surface area contributed by atoms with E-state index in [1.807, 2.05) is 18.3 Å². The summed E-state index contributed by atoms with van der Waals surface area (Å²) >= 11 is 0. The number of quaternary nitrogens is 1.